The molecule has 1 aromatic rings. The van der Waals surface area contributed by atoms with E-state index in [1.165, 1.54) is 14.2 Å². The molecule has 0 N–H and O–H groups in total. The summed E-state index contributed by atoms with van der Waals surface area (Å²) < 4.78 is 28.0. The van der Waals surface area contributed by atoms with Crippen molar-refractivity contribution in [3.05, 3.63) is 28.2 Å². The van der Waals surface area contributed by atoms with Gasteiger partial charge in [-0.1, -0.05) is 15.9 Å². The van der Waals surface area contributed by atoms with Crippen LogP contribution < -0.4 is 4.90 Å². The SMILES string of the molecule is Cc1cc(N2CCN(S(=O)(=O)N(C)C)CC2)ccc1Br. The quantitative estimate of drug-likeness (QED) is 0.822. The zero-order chi connectivity index (χ0) is 14.9. The van der Waals surface area contributed by atoms with Gasteiger partial charge in [-0.05, 0) is 30.7 Å². The number of anilines is 1. The van der Waals surface area contributed by atoms with Crippen molar-refractivity contribution in [2.45, 2.75) is 6.92 Å². The maximum atomic E-state index is 12.1. The molecule has 1 heterocycles. The van der Waals surface area contributed by atoms with Crippen LogP contribution in [-0.4, -0.2) is 57.3 Å². The van der Waals surface area contributed by atoms with Crippen LogP contribution in [0.25, 0.3) is 0 Å². The molecule has 0 atom stereocenters. The molecule has 1 fully saturated rings. The summed E-state index contributed by atoms with van der Waals surface area (Å²) >= 11 is 3.49. The molecule has 0 aromatic heterocycles. The highest BCUT2D eigenvalue weighted by Crippen LogP contribution is 2.24. The monoisotopic (exact) mass is 361 g/mol. The summed E-state index contributed by atoms with van der Waals surface area (Å²) in [5.41, 5.74) is 2.33. The van der Waals surface area contributed by atoms with Gasteiger partial charge in [0, 0.05) is 50.4 Å². The lowest BCUT2D eigenvalue weighted by Gasteiger charge is -2.36. The van der Waals surface area contributed by atoms with Crippen LogP contribution in [-0.2, 0) is 10.2 Å². The van der Waals surface area contributed by atoms with Crippen molar-refractivity contribution in [1.29, 1.82) is 0 Å². The van der Waals surface area contributed by atoms with Gasteiger partial charge in [0.25, 0.3) is 10.2 Å². The average molecular weight is 362 g/mol. The fourth-order valence-corrected chi connectivity index (χ4v) is 3.57. The highest BCUT2D eigenvalue weighted by atomic mass is 79.9. The van der Waals surface area contributed by atoms with Gasteiger partial charge in [0.05, 0.1) is 0 Å². The Labute approximate surface area is 129 Å². The van der Waals surface area contributed by atoms with Crippen LogP contribution in [0, 0.1) is 6.92 Å². The summed E-state index contributed by atoms with van der Waals surface area (Å²) in [6.45, 7) is 4.54. The summed E-state index contributed by atoms with van der Waals surface area (Å²) in [6.07, 6.45) is 0. The first-order valence-corrected chi connectivity index (χ1v) is 8.70. The third-order valence-electron chi connectivity index (χ3n) is 3.53. The summed E-state index contributed by atoms with van der Waals surface area (Å²) in [6, 6.07) is 6.22. The van der Waals surface area contributed by atoms with Gasteiger partial charge in [0.2, 0.25) is 0 Å². The Kier molecular flexibility index (Phi) is 4.73. The highest BCUT2D eigenvalue weighted by molar-refractivity contribution is 9.10. The fourth-order valence-electron chi connectivity index (χ4n) is 2.23. The maximum absolute atomic E-state index is 12.1. The van der Waals surface area contributed by atoms with Crippen LogP contribution in [0.1, 0.15) is 5.56 Å². The third-order valence-corrected chi connectivity index (χ3v) is 6.36. The normalized spacial score (nSPS) is 17.8. The first-order chi connectivity index (χ1) is 9.32. The highest BCUT2D eigenvalue weighted by Gasteiger charge is 2.28. The summed E-state index contributed by atoms with van der Waals surface area (Å²) in [4.78, 5) is 2.22. The average Bonchev–Trinajstić information content (AvgIpc) is 2.42. The van der Waals surface area contributed by atoms with Crippen molar-refractivity contribution in [3.8, 4) is 0 Å². The number of halogens is 1. The van der Waals surface area contributed by atoms with Gasteiger partial charge in [0.15, 0.2) is 0 Å². The van der Waals surface area contributed by atoms with Gasteiger partial charge in [-0.25, -0.2) is 0 Å². The summed E-state index contributed by atoms with van der Waals surface area (Å²) in [7, 11) is -0.149. The van der Waals surface area contributed by atoms with E-state index < -0.39 is 10.2 Å². The van der Waals surface area contributed by atoms with E-state index in [0.717, 1.165) is 10.2 Å². The number of benzene rings is 1. The Morgan fingerprint density at radius 2 is 1.75 bits per heavy atom. The number of piperazine rings is 1. The lowest BCUT2D eigenvalue weighted by Crippen LogP contribution is -2.51. The molecule has 7 heteroatoms. The molecule has 0 radical (unpaired) electrons. The van der Waals surface area contributed by atoms with Gasteiger partial charge in [0.1, 0.15) is 0 Å². The molecule has 0 saturated carbocycles. The molecule has 1 aromatic carbocycles. The van der Waals surface area contributed by atoms with Crippen LogP contribution in [0.3, 0.4) is 0 Å². The van der Waals surface area contributed by atoms with Gasteiger partial charge in [-0.15, -0.1) is 0 Å². The Hall–Kier alpha value is -0.630. The topological polar surface area (TPSA) is 43.9 Å². The first kappa shape index (κ1) is 15.8. The molecule has 2 rings (SSSR count). The molecule has 0 spiro atoms. The molecular formula is C13H20BrN3O2S. The summed E-state index contributed by atoms with van der Waals surface area (Å²) in [5, 5.41) is 0. The standard InChI is InChI=1S/C13H20BrN3O2S/c1-11-10-12(4-5-13(11)14)16-6-8-17(9-7-16)20(18,19)15(2)3/h4-5,10H,6-9H2,1-3H3. The Morgan fingerprint density at radius 1 is 1.15 bits per heavy atom. The van der Waals surface area contributed by atoms with Gasteiger partial charge in [-0.3, -0.25) is 0 Å². The van der Waals surface area contributed by atoms with Crippen LogP contribution in [0.4, 0.5) is 5.69 Å². The minimum Gasteiger partial charge on any atom is -0.369 e. The van der Waals surface area contributed by atoms with E-state index in [2.05, 4.69) is 39.9 Å². The summed E-state index contributed by atoms with van der Waals surface area (Å²) in [5.74, 6) is 0. The van der Waals surface area contributed by atoms with Crippen molar-refractivity contribution in [1.82, 2.24) is 8.61 Å². The second-order valence-electron chi connectivity index (χ2n) is 5.11. The number of rotatable bonds is 3. The maximum Gasteiger partial charge on any atom is 0.281 e. The Morgan fingerprint density at radius 3 is 2.25 bits per heavy atom. The second-order valence-corrected chi connectivity index (χ2v) is 8.11. The molecular weight excluding hydrogens is 342 g/mol. The number of hydrogen-bond donors (Lipinski definition) is 0. The molecule has 20 heavy (non-hydrogen) atoms. The number of nitrogens with zero attached hydrogens (tertiary/aromatic N) is 3. The molecule has 0 unspecified atom stereocenters. The molecule has 0 amide bonds. The molecule has 1 saturated heterocycles. The van der Waals surface area contributed by atoms with E-state index in [4.69, 9.17) is 0 Å². The van der Waals surface area contributed by atoms with Crippen molar-refractivity contribution in [2.75, 3.05) is 45.2 Å². The molecule has 0 aliphatic carbocycles. The van der Waals surface area contributed by atoms with Crippen LogP contribution in [0.15, 0.2) is 22.7 Å². The lowest BCUT2D eigenvalue weighted by molar-refractivity contribution is 0.355. The minimum absolute atomic E-state index is 0.523. The minimum atomic E-state index is -3.29. The zero-order valence-electron chi connectivity index (χ0n) is 12.0. The predicted octanol–water partition coefficient (Wildman–Crippen LogP) is 1.69. The molecule has 1 aliphatic rings. The zero-order valence-corrected chi connectivity index (χ0v) is 14.4. The molecule has 0 bridgehead atoms. The molecule has 112 valence electrons. The van der Waals surface area contributed by atoms with E-state index >= 15 is 0 Å². The van der Waals surface area contributed by atoms with Gasteiger partial charge >= 0.3 is 0 Å². The van der Waals surface area contributed by atoms with E-state index in [1.54, 1.807) is 14.1 Å². The first-order valence-electron chi connectivity index (χ1n) is 6.51. The number of hydrogen-bond acceptors (Lipinski definition) is 3. The number of aryl methyl sites for hydroxylation is 1. The van der Waals surface area contributed by atoms with E-state index in [0.29, 0.717) is 26.2 Å². The smallest absolute Gasteiger partial charge is 0.281 e. The predicted molar refractivity (Wildman–Crippen MR) is 85.3 cm³/mol. The fraction of sp³-hybridized carbons (Fsp3) is 0.538. The largest absolute Gasteiger partial charge is 0.369 e. The van der Waals surface area contributed by atoms with Crippen molar-refractivity contribution < 1.29 is 8.42 Å². The van der Waals surface area contributed by atoms with Gasteiger partial charge < -0.3 is 4.90 Å². The third kappa shape index (κ3) is 3.16. The van der Waals surface area contributed by atoms with Crippen LogP contribution in [0.5, 0.6) is 0 Å². The van der Waals surface area contributed by atoms with E-state index in [9.17, 15) is 8.42 Å². The van der Waals surface area contributed by atoms with Crippen LogP contribution in [0.2, 0.25) is 0 Å². The van der Waals surface area contributed by atoms with E-state index in [-0.39, 0.29) is 0 Å². The lowest BCUT2D eigenvalue weighted by atomic mass is 10.2. The van der Waals surface area contributed by atoms with Crippen LogP contribution >= 0.6 is 15.9 Å². The van der Waals surface area contributed by atoms with Gasteiger partial charge in [-0.2, -0.15) is 17.0 Å². The Bertz CT molecular complexity index is 581. The van der Waals surface area contributed by atoms with E-state index in [1.807, 2.05) is 6.07 Å². The molecule has 1 aliphatic heterocycles. The molecule has 5 nitrogen and oxygen atoms in total. The Balaban J connectivity index is 2.06. The van der Waals surface area contributed by atoms with Crippen molar-refractivity contribution in [3.63, 3.8) is 0 Å². The van der Waals surface area contributed by atoms with Crippen molar-refractivity contribution >= 4 is 31.8 Å². The second kappa shape index (κ2) is 6.01. The van der Waals surface area contributed by atoms with Crippen molar-refractivity contribution in [2.24, 2.45) is 0 Å².